The molecule has 1 atom stereocenters. The molecule has 0 amide bonds. The number of alkyl halides is 3. The minimum Gasteiger partial charge on any atom is -0.481 e. The van der Waals surface area contributed by atoms with Crippen LogP contribution in [0.2, 0.25) is 0 Å². The van der Waals surface area contributed by atoms with Crippen molar-refractivity contribution in [3.63, 3.8) is 0 Å². The molecule has 4 rings (SSSR count). The molecule has 3 heterocycles. The van der Waals surface area contributed by atoms with E-state index in [1.807, 2.05) is 19.9 Å². The van der Waals surface area contributed by atoms with Crippen molar-refractivity contribution in [2.75, 3.05) is 18.0 Å². The summed E-state index contributed by atoms with van der Waals surface area (Å²) >= 11 is 0. The molecule has 0 unspecified atom stereocenters. The normalized spacial score (nSPS) is 27.1. The Morgan fingerprint density at radius 1 is 1.28 bits per heavy atom. The third-order valence-corrected chi connectivity index (χ3v) is 7.37. The summed E-state index contributed by atoms with van der Waals surface area (Å²) in [5.74, 6) is -1.16. The van der Waals surface area contributed by atoms with Gasteiger partial charge in [0.15, 0.2) is 5.65 Å². The number of piperidine rings is 1. The predicted molar refractivity (Wildman–Crippen MR) is 115 cm³/mol. The van der Waals surface area contributed by atoms with Crippen molar-refractivity contribution >= 4 is 17.4 Å². The van der Waals surface area contributed by atoms with Gasteiger partial charge in [0, 0.05) is 36.3 Å². The van der Waals surface area contributed by atoms with Gasteiger partial charge in [-0.25, -0.2) is 4.98 Å². The lowest BCUT2D eigenvalue weighted by molar-refractivity contribution is -0.182. The number of fused-ring (bicyclic) bond motifs is 1. The average Bonchev–Trinajstić information content (AvgIpc) is 3.15. The molecule has 0 spiro atoms. The number of aromatic nitrogens is 3. The Morgan fingerprint density at radius 2 is 1.97 bits per heavy atom. The number of rotatable bonds is 4. The smallest absolute Gasteiger partial charge is 0.391 e. The molecule has 1 aliphatic heterocycles. The van der Waals surface area contributed by atoms with Crippen molar-refractivity contribution in [3.05, 3.63) is 23.0 Å². The number of carbonyl (C=O) groups is 1. The van der Waals surface area contributed by atoms with Crippen LogP contribution in [0.4, 0.5) is 19.0 Å². The van der Waals surface area contributed by atoms with Crippen LogP contribution in [0.3, 0.4) is 0 Å². The zero-order valence-electron chi connectivity index (χ0n) is 18.9. The topological polar surface area (TPSA) is 70.7 Å². The highest BCUT2D eigenvalue weighted by atomic mass is 19.4. The van der Waals surface area contributed by atoms with Crippen LogP contribution < -0.4 is 4.90 Å². The maximum atomic E-state index is 13.1. The summed E-state index contributed by atoms with van der Waals surface area (Å²) in [4.78, 5) is 18.7. The maximum absolute atomic E-state index is 13.1. The number of carboxylic acids is 1. The Hall–Kier alpha value is -2.32. The first-order valence-electron chi connectivity index (χ1n) is 11.5. The summed E-state index contributed by atoms with van der Waals surface area (Å²) in [5.41, 5.74) is 2.53. The van der Waals surface area contributed by atoms with E-state index in [0.29, 0.717) is 31.5 Å². The van der Waals surface area contributed by atoms with Gasteiger partial charge in [-0.1, -0.05) is 6.92 Å². The van der Waals surface area contributed by atoms with Crippen molar-refractivity contribution < 1.29 is 23.1 Å². The number of hydrogen-bond donors (Lipinski definition) is 1. The molecule has 6 nitrogen and oxygen atoms in total. The highest BCUT2D eigenvalue weighted by molar-refractivity contribution is 5.75. The van der Waals surface area contributed by atoms with Crippen LogP contribution >= 0.6 is 0 Å². The van der Waals surface area contributed by atoms with Crippen molar-refractivity contribution in [3.8, 4) is 0 Å². The minimum atomic E-state index is -4.13. The fraction of sp³-hybridized carbons (Fsp3) is 0.696. The summed E-state index contributed by atoms with van der Waals surface area (Å²) in [6.07, 6.45) is -0.819. The number of nitrogens with zero attached hydrogens (tertiary/aromatic N) is 4. The number of aryl methyl sites for hydroxylation is 1. The molecule has 2 aromatic rings. The fourth-order valence-corrected chi connectivity index (χ4v) is 5.40. The lowest BCUT2D eigenvalue weighted by atomic mass is 9.80. The van der Waals surface area contributed by atoms with Crippen molar-refractivity contribution in [1.82, 2.24) is 14.6 Å². The van der Waals surface area contributed by atoms with E-state index >= 15 is 0 Å². The molecule has 0 bridgehead atoms. The lowest BCUT2D eigenvalue weighted by Crippen LogP contribution is -2.47. The van der Waals surface area contributed by atoms with Gasteiger partial charge in [-0.05, 0) is 58.8 Å². The van der Waals surface area contributed by atoms with Crippen LogP contribution in [0.1, 0.15) is 75.2 Å². The molecule has 1 aliphatic carbocycles. The maximum Gasteiger partial charge on any atom is 0.391 e. The van der Waals surface area contributed by atoms with Crippen LogP contribution in [-0.4, -0.2) is 44.9 Å². The largest absolute Gasteiger partial charge is 0.481 e. The van der Waals surface area contributed by atoms with Gasteiger partial charge >= 0.3 is 12.1 Å². The standard InChI is InChI=1S/C23H31F3N4O2/c1-4-17-14(2)27-19-12-18(15-6-8-16(9-7-15)23(24,25)26)28-30(19)20(17)29-11-5-10-22(3,13-29)21(31)32/h12,15-16H,4-11,13H2,1-3H3,(H,31,32)/t15?,16?,22-/m1/s1. The number of aliphatic carboxylic acids is 1. The molecule has 1 N–H and O–H groups in total. The Bertz CT molecular complexity index is 1010. The highest BCUT2D eigenvalue weighted by Gasteiger charge is 2.42. The van der Waals surface area contributed by atoms with Gasteiger partial charge < -0.3 is 10.0 Å². The van der Waals surface area contributed by atoms with Crippen molar-refractivity contribution in [2.24, 2.45) is 11.3 Å². The van der Waals surface area contributed by atoms with Crippen LogP contribution in [-0.2, 0) is 11.2 Å². The average molecular weight is 453 g/mol. The second kappa shape index (κ2) is 8.23. The molecule has 32 heavy (non-hydrogen) atoms. The van der Waals surface area contributed by atoms with E-state index in [1.165, 1.54) is 0 Å². The first kappa shape index (κ1) is 22.9. The zero-order chi connectivity index (χ0) is 23.3. The number of halogens is 3. The first-order valence-corrected chi connectivity index (χ1v) is 11.5. The summed E-state index contributed by atoms with van der Waals surface area (Å²) < 4.78 is 41.0. The molecule has 9 heteroatoms. The van der Waals surface area contributed by atoms with Crippen LogP contribution in [0.15, 0.2) is 6.07 Å². The third kappa shape index (κ3) is 4.06. The summed E-state index contributed by atoms with van der Waals surface area (Å²) in [7, 11) is 0. The third-order valence-electron chi connectivity index (χ3n) is 7.37. The van der Waals surface area contributed by atoms with Gasteiger partial charge in [-0.2, -0.15) is 22.8 Å². The number of carboxylic acid groups (broad SMARTS) is 1. The predicted octanol–water partition coefficient (Wildman–Crippen LogP) is 5.13. The van der Waals surface area contributed by atoms with E-state index in [2.05, 4.69) is 4.90 Å². The van der Waals surface area contributed by atoms with E-state index in [0.717, 1.165) is 42.2 Å². The van der Waals surface area contributed by atoms with Gasteiger partial charge in [0.25, 0.3) is 0 Å². The molecule has 2 fully saturated rings. The molecule has 1 saturated heterocycles. The van der Waals surface area contributed by atoms with E-state index in [-0.39, 0.29) is 18.8 Å². The van der Waals surface area contributed by atoms with E-state index in [9.17, 15) is 23.1 Å². The quantitative estimate of drug-likeness (QED) is 0.697. The number of hydrogen-bond acceptors (Lipinski definition) is 4. The van der Waals surface area contributed by atoms with Crippen LogP contribution in [0.25, 0.3) is 5.65 Å². The summed E-state index contributed by atoms with van der Waals surface area (Å²) in [5, 5.41) is 14.6. The van der Waals surface area contributed by atoms with Crippen molar-refractivity contribution in [2.45, 2.75) is 77.8 Å². The van der Waals surface area contributed by atoms with Gasteiger partial charge in [0.05, 0.1) is 17.0 Å². The summed E-state index contributed by atoms with van der Waals surface area (Å²) in [6.45, 7) is 6.90. The molecule has 1 saturated carbocycles. The molecule has 176 valence electrons. The van der Waals surface area contributed by atoms with Crippen LogP contribution in [0, 0.1) is 18.3 Å². The van der Waals surface area contributed by atoms with Gasteiger partial charge in [0.2, 0.25) is 0 Å². The monoisotopic (exact) mass is 452 g/mol. The van der Waals surface area contributed by atoms with E-state index in [1.54, 1.807) is 11.4 Å². The molecule has 0 radical (unpaired) electrons. The van der Waals surface area contributed by atoms with Gasteiger partial charge in [0.1, 0.15) is 5.82 Å². The second-order valence-corrected chi connectivity index (χ2v) is 9.67. The highest BCUT2D eigenvalue weighted by Crippen LogP contribution is 2.43. The molecule has 2 aromatic heterocycles. The van der Waals surface area contributed by atoms with Crippen molar-refractivity contribution in [1.29, 1.82) is 0 Å². The minimum absolute atomic E-state index is 0.0147. The van der Waals surface area contributed by atoms with Crippen LogP contribution in [0.5, 0.6) is 0 Å². The van der Waals surface area contributed by atoms with Gasteiger partial charge in [-0.15, -0.1) is 0 Å². The Balaban J connectivity index is 1.70. The Morgan fingerprint density at radius 3 is 2.56 bits per heavy atom. The molecule has 2 aliphatic rings. The Kier molecular flexibility index (Phi) is 5.88. The Labute approximate surface area is 185 Å². The van der Waals surface area contributed by atoms with E-state index in [4.69, 9.17) is 10.1 Å². The SMILES string of the molecule is CCc1c(C)nc2cc(C3CCC(C(F)(F)F)CC3)nn2c1N1CCC[C@@](C)(C(=O)O)C1. The first-order chi connectivity index (χ1) is 15.0. The second-order valence-electron chi connectivity index (χ2n) is 9.67. The zero-order valence-corrected chi connectivity index (χ0v) is 18.9. The molecular formula is C23H31F3N4O2. The number of anilines is 1. The summed E-state index contributed by atoms with van der Waals surface area (Å²) in [6, 6.07) is 1.90. The lowest BCUT2D eigenvalue weighted by Gasteiger charge is -2.39. The van der Waals surface area contributed by atoms with Gasteiger partial charge in [-0.3, -0.25) is 4.79 Å². The molecule has 0 aromatic carbocycles. The molecular weight excluding hydrogens is 421 g/mol. The van der Waals surface area contributed by atoms with E-state index < -0.39 is 23.5 Å². The fourth-order valence-electron chi connectivity index (χ4n) is 5.40.